The normalized spacial score (nSPS) is 11.8. The van der Waals surface area contributed by atoms with Gasteiger partial charge in [0, 0.05) is 17.3 Å². The molecule has 2 rings (SSSR count). The third-order valence-electron chi connectivity index (χ3n) is 2.03. The minimum absolute atomic E-state index is 0.217. The van der Waals surface area contributed by atoms with Gasteiger partial charge in [-0.05, 0) is 6.07 Å². The lowest BCUT2D eigenvalue weighted by Crippen LogP contribution is -2.05. The van der Waals surface area contributed by atoms with Gasteiger partial charge in [0.2, 0.25) is 0 Å². The lowest BCUT2D eigenvalue weighted by molar-refractivity contribution is -0.141. The van der Waals surface area contributed by atoms with Crippen LogP contribution in [0.2, 0.25) is 0 Å². The Labute approximate surface area is 94.4 Å². The van der Waals surface area contributed by atoms with E-state index >= 15 is 0 Å². The lowest BCUT2D eigenvalue weighted by atomic mass is 10.1. The van der Waals surface area contributed by atoms with E-state index in [4.69, 9.17) is 11.8 Å². The summed E-state index contributed by atoms with van der Waals surface area (Å²) in [6, 6.07) is 9.44. The molecule has 2 aromatic rings. The fourth-order valence-corrected chi connectivity index (χ4v) is 1.53. The highest BCUT2D eigenvalue weighted by molar-refractivity contribution is 6.16. The fourth-order valence-electron chi connectivity index (χ4n) is 1.30. The molecule has 0 saturated carbocycles. The van der Waals surface area contributed by atoms with Gasteiger partial charge >= 0.3 is 6.18 Å². The molecule has 0 aliphatic rings. The van der Waals surface area contributed by atoms with Crippen LogP contribution in [-0.4, -0.2) is 9.30 Å². The summed E-state index contributed by atoms with van der Waals surface area (Å²) in [5.74, 6) is 0. The average molecular weight is 247 g/mol. The van der Waals surface area contributed by atoms with Crippen molar-refractivity contribution in [1.29, 1.82) is 0 Å². The maximum Gasteiger partial charge on any atom is 0.435 e. The monoisotopic (exact) mass is 246 g/mol. The maximum atomic E-state index is 12.4. The van der Waals surface area contributed by atoms with E-state index in [0.717, 1.165) is 6.07 Å². The zero-order valence-corrected chi connectivity index (χ0v) is 8.63. The van der Waals surface area contributed by atoms with Gasteiger partial charge in [-0.2, -0.15) is 22.5 Å². The molecule has 1 aromatic heterocycles. The van der Waals surface area contributed by atoms with Crippen LogP contribution in [0.1, 0.15) is 5.69 Å². The summed E-state index contributed by atoms with van der Waals surface area (Å²) in [6.07, 6.45) is -4.48. The Hall–Kier alpha value is -1.49. The third kappa shape index (κ3) is 2.04. The smallest absolute Gasteiger partial charge is 0.172 e. The quantitative estimate of drug-likeness (QED) is 0.752. The van der Waals surface area contributed by atoms with E-state index in [-0.39, 0.29) is 5.69 Å². The number of rotatable bonds is 1. The van der Waals surface area contributed by atoms with E-state index < -0.39 is 11.9 Å². The summed E-state index contributed by atoms with van der Waals surface area (Å²) < 4.78 is 37.8. The molecule has 0 atom stereocenters. The predicted molar refractivity (Wildman–Crippen MR) is 53.9 cm³/mol. The Morgan fingerprint density at radius 3 is 2.25 bits per heavy atom. The van der Waals surface area contributed by atoms with E-state index in [1.807, 2.05) is 0 Å². The molecule has 1 heterocycles. The second-order valence-electron chi connectivity index (χ2n) is 3.14. The molecule has 0 aliphatic carbocycles. The second kappa shape index (κ2) is 3.83. The summed E-state index contributed by atoms with van der Waals surface area (Å²) in [5.41, 5.74) is -0.198. The summed E-state index contributed by atoms with van der Waals surface area (Å²) >= 11 is 5.59. The second-order valence-corrected chi connectivity index (χ2v) is 3.46. The van der Waals surface area contributed by atoms with Crippen molar-refractivity contribution in [2.24, 2.45) is 0 Å². The van der Waals surface area contributed by atoms with Gasteiger partial charge in [-0.25, -0.2) is 0 Å². The lowest BCUT2D eigenvalue weighted by Gasteiger charge is -1.98. The average Bonchev–Trinajstić information content (AvgIpc) is 2.61. The molecule has 2 nitrogen and oxygen atoms in total. The van der Waals surface area contributed by atoms with Crippen LogP contribution in [-0.2, 0) is 6.18 Å². The van der Waals surface area contributed by atoms with Crippen LogP contribution in [0, 0.1) is 0 Å². The van der Waals surface area contributed by atoms with Crippen molar-refractivity contribution in [1.82, 2.24) is 9.30 Å². The van der Waals surface area contributed by atoms with Crippen LogP contribution >= 0.6 is 11.8 Å². The molecule has 84 valence electrons. The maximum absolute atomic E-state index is 12.4. The molecular formula is C10H6ClF3N2. The molecule has 0 aliphatic heterocycles. The summed E-state index contributed by atoms with van der Waals surface area (Å²) in [7, 11) is 0. The number of aromatic nitrogens is 2. The molecule has 0 N–H and O–H groups in total. The molecule has 6 heteroatoms. The predicted octanol–water partition coefficient (Wildman–Crippen LogP) is 3.57. The van der Waals surface area contributed by atoms with Crippen molar-refractivity contribution in [2.45, 2.75) is 6.18 Å². The Balaban J connectivity index is 2.48. The van der Waals surface area contributed by atoms with E-state index in [1.54, 1.807) is 30.3 Å². The van der Waals surface area contributed by atoms with Crippen molar-refractivity contribution >= 4 is 11.8 Å². The van der Waals surface area contributed by atoms with E-state index in [0.29, 0.717) is 9.76 Å². The number of nitrogens with zero attached hydrogens (tertiary/aromatic N) is 2. The minimum atomic E-state index is -4.48. The Bertz CT molecular complexity index is 491. The Morgan fingerprint density at radius 2 is 1.75 bits per heavy atom. The Morgan fingerprint density at radius 1 is 1.12 bits per heavy atom. The molecule has 0 radical (unpaired) electrons. The SMILES string of the molecule is FC(F)(F)c1cc(-c2ccccc2)n(Cl)n1. The summed E-state index contributed by atoms with van der Waals surface area (Å²) in [5, 5.41) is 3.22. The largest absolute Gasteiger partial charge is 0.435 e. The molecule has 16 heavy (non-hydrogen) atoms. The minimum Gasteiger partial charge on any atom is -0.172 e. The van der Waals surface area contributed by atoms with Crippen molar-refractivity contribution in [3.8, 4) is 11.3 Å². The van der Waals surface area contributed by atoms with Gasteiger partial charge in [0.05, 0.1) is 5.69 Å². The van der Waals surface area contributed by atoms with Crippen molar-refractivity contribution in [3.63, 3.8) is 0 Å². The molecule has 0 fully saturated rings. The first-order chi connectivity index (χ1) is 7.48. The standard InChI is InChI=1S/C10H6ClF3N2/c11-16-8(7-4-2-1-3-5-7)6-9(15-16)10(12,13)14/h1-6H. The number of benzene rings is 1. The fraction of sp³-hybridized carbons (Fsp3) is 0.100. The van der Waals surface area contributed by atoms with Crippen LogP contribution in [0.15, 0.2) is 36.4 Å². The number of hydrogen-bond acceptors (Lipinski definition) is 1. The third-order valence-corrected chi connectivity index (χ3v) is 2.29. The van der Waals surface area contributed by atoms with Gasteiger partial charge in [0.15, 0.2) is 5.69 Å². The van der Waals surface area contributed by atoms with Crippen LogP contribution in [0.3, 0.4) is 0 Å². The molecule has 0 amide bonds. The van der Waals surface area contributed by atoms with Gasteiger partial charge in [0.1, 0.15) is 0 Å². The van der Waals surface area contributed by atoms with Gasteiger partial charge < -0.3 is 0 Å². The van der Waals surface area contributed by atoms with Gasteiger partial charge in [-0.3, -0.25) is 0 Å². The van der Waals surface area contributed by atoms with Gasteiger partial charge in [0.25, 0.3) is 0 Å². The van der Waals surface area contributed by atoms with E-state index in [2.05, 4.69) is 5.10 Å². The Kier molecular flexibility index (Phi) is 2.63. The highest BCUT2D eigenvalue weighted by Crippen LogP contribution is 2.31. The molecule has 1 aromatic carbocycles. The molecule has 0 bridgehead atoms. The molecule has 0 unspecified atom stereocenters. The van der Waals surface area contributed by atoms with Crippen LogP contribution < -0.4 is 0 Å². The first-order valence-electron chi connectivity index (χ1n) is 4.37. The molecule has 0 saturated heterocycles. The van der Waals surface area contributed by atoms with Crippen LogP contribution in [0.5, 0.6) is 0 Å². The molecular weight excluding hydrogens is 241 g/mol. The molecule has 0 spiro atoms. The van der Waals surface area contributed by atoms with Crippen molar-refractivity contribution < 1.29 is 13.2 Å². The van der Waals surface area contributed by atoms with Crippen molar-refractivity contribution in [2.75, 3.05) is 0 Å². The van der Waals surface area contributed by atoms with Gasteiger partial charge in [-0.1, -0.05) is 30.3 Å². The summed E-state index contributed by atoms with van der Waals surface area (Å²) in [6.45, 7) is 0. The highest BCUT2D eigenvalue weighted by atomic mass is 35.5. The first-order valence-corrected chi connectivity index (χ1v) is 4.71. The topological polar surface area (TPSA) is 17.8 Å². The van der Waals surface area contributed by atoms with E-state index in [9.17, 15) is 13.2 Å². The number of halogens is 4. The highest BCUT2D eigenvalue weighted by Gasteiger charge is 2.34. The number of alkyl halides is 3. The van der Waals surface area contributed by atoms with Crippen LogP contribution in [0.4, 0.5) is 13.2 Å². The summed E-state index contributed by atoms with van der Waals surface area (Å²) in [4.78, 5) is 0. The zero-order chi connectivity index (χ0) is 11.8. The number of hydrogen-bond donors (Lipinski definition) is 0. The van der Waals surface area contributed by atoms with Gasteiger partial charge in [-0.15, -0.1) is 0 Å². The van der Waals surface area contributed by atoms with E-state index in [1.165, 1.54) is 0 Å². The zero-order valence-electron chi connectivity index (χ0n) is 7.87. The van der Waals surface area contributed by atoms with Crippen LogP contribution in [0.25, 0.3) is 11.3 Å². The van der Waals surface area contributed by atoms with Crippen molar-refractivity contribution in [3.05, 3.63) is 42.1 Å². The first kappa shape index (κ1) is 11.0.